The van der Waals surface area contributed by atoms with Gasteiger partial charge in [-0.25, -0.2) is 0 Å². The predicted octanol–water partition coefficient (Wildman–Crippen LogP) is 2.46. The van der Waals surface area contributed by atoms with Crippen molar-refractivity contribution < 1.29 is 4.79 Å². The standard InChI is InChI=1S/C15H20N2OS2/c1-19-15(8-2-3-9-15)11-17-14(18)13-7-6-12(20-13)5-4-10-16/h6-7H,2-3,8-11,16H2,1H3,(H,17,18). The molecule has 108 valence electrons. The quantitative estimate of drug-likeness (QED) is 0.840. The highest BCUT2D eigenvalue weighted by atomic mass is 32.2. The summed E-state index contributed by atoms with van der Waals surface area (Å²) < 4.78 is 0.245. The molecule has 0 aliphatic heterocycles. The van der Waals surface area contributed by atoms with E-state index >= 15 is 0 Å². The Morgan fingerprint density at radius 2 is 2.25 bits per heavy atom. The molecule has 0 spiro atoms. The van der Waals surface area contributed by atoms with E-state index in [0.29, 0.717) is 6.54 Å². The molecule has 2 rings (SSSR count). The van der Waals surface area contributed by atoms with E-state index in [1.54, 1.807) is 0 Å². The third-order valence-corrected chi connectivity index (χ3v) is 6.08. The van der Waals surface area contributed by atoms with Crippen molar-refractivity contribution in [3.05, 3.63) is 21.9 Å². The highest BCUT2D eigenvalue weighted by molar-refractivity contribution is 8.00. The van der Waals surface area contributed by atoms with Gasteiger partial charge in [0.1, 0.15) is 0 Å². The van der Waals surface area contributed by atoms with Crippen LogP contribution in [0.1, 0.15) is 40.2 Å². The molecule has 3 N–H and O–H groups in total. The summed E-state index contributed by atoms with van der Waals surface area (Å²) in [6, 6.07) is 3.71. The Balaban J connectivity index is 1.93. The molecule has 1 aliphatic rings. The van der Waals surface area contributed by atoms with Crippen LogP contribution in [-0.4, -0.2) is 30.0 Å². The Bertz CT molecular complexity index is 521. The van der Waals surface area contributed by atoms with E-state index < -0.39 is 0 Å². The fourth-order valence-corrected chi connectivity index (χ4v) is 4.18. The average molecular weight is 308 g/mol. The summed E-state index contributed by atoms with van der Waals surface area (Å²) >= 11 is 3.31. The van der Waals surface area contributed by atoms with E-state index in [0.717, 1.165) is 16.3 Å². The molecule has 0 saturated heterocycles. The van der Waals surface area contributed by atoms with Crippen molar-refractivity contribution in [3.63, 3.8) is 0 Å². The molecule has 1 saturated carbocycles. The van der Waals surface area contributed by atoms with Crippen molar-refractivity contribution in [3.8, 4) is 11.8 Å². The molecule has 1 aromatic rings. The molecule has 0 bridgehead atoms. The second kappa shape index (κ2) is 7.16. The summed E-state index contributed by atoms with van der Waals surface area (Å²) in [7, 11) is 0. The van der Waals surface area contributed by atoms with Gasteiger partial charge in [-0.3, -0.25) is 4.79 Å². The number of thioether (sulfide) groups is 1. The molecule has 5 heteroatoms. The largest absolute Gasteiger partial charge is 0.350 e. The number of nitrogens with one attached hydrogen (secondary N) is 1. The number of hydrogen-bond donors (Lipinski definition) is 2. The smallest absolute Gasteiger partial charge is 0.261 e. The van der Waals surface area contributed by atoms with Gasteiger partial charge in [0.15, 0.2) is 0 Å². The fraction of sp³-hybridized carbons (Fsp3) is 0.533. The average Bonchev–Trinajstić information content (AvgIpc) is 3.12. The van der Waals surface area contributed by atoms with Crippen LogP contribution in [0.5, 0.6) is 0 Å². The summed E-state index contributed by atoms with van der Waals surface area (Å²) in [6.07, 6.45) is 7.09. The van der Waals surface area contributed by atoms with E-state index in [9.17, 15) is 4.79 Å². The van der Waals surface area contributed by atoms with Crippen LogP contribution >= 0.6 is 23.1 Å². The van der Waals surface area contributed by atoms with Gasteiger partial charge in [0.2, 0.25) is 0 Å². The SMILES string of the molecule is CSC1(CNC(=O)c2ccc(C#CCN)s2)CCCC1. The van der Waals surface area contributed by atoms with Crippen molar-refractivity contribution in [2.75, 3.05) is 19.3 Å². The summed E-state index contributed by atoms with van der Waals surface area (Å²) in [4.78, 5) is 13.8. The number of carbonyl (C=O) groups excluding carboxylic acids is 1. The molecular formula is C15H20N2OS2. The Labute approximate surface area is 128 Å². The minimum absolute atomic E-state index is 0.0103. The maximum absolute atomic E-state index is 12.2. The Morgan fingerprint density at radius 3 is 2.90 bits per heavy atom. The third-order valence-electron chi connectivity index (χ3n) is 3.66. The first-order valence-corrected chi connectivity index (χ1v) is 8.85. The van der Waals surface area contributed by atoms with Crippen LogP contribution in [0, 0.1) is 11.8 Å². The zero-order valence-electron chi connectivity index (χ0n) is 11.7. The van der Waals surface area contributed by atoms with Crippen LogP contribution in [0.2, 0.25) is 0 Å². The monoisotopic (exact) mass is 308 g/mol. The summed E-state index contributed by atoms with van der Waals surface area (Å²) in [6.45, 7) is 1.10. The number of rotatable bonds is 4. The second-order valence-electron chi connectivity index (χ2n) is 4.95. The molecule has 1 fully saturated rings. The lowest BCUT2D eigenvalue weighted by atomic mass is 10.1. The first-order valence-electron chi connectivity index (χ1n) is 6.81. The molecule has 0 atom stereocenters. The number of hydrogen-bond acceptors (Lipinski definition) is 4. The van der Waals surface area contributed by atoms with Gasteiger partial charge in [-0.1, -0.05) is 24.7 Å². The van der Waals surface area contributed by atoms with Crippen LogP contribution in [0.3, 0.4) is 0 Å². The lowest BCUT2D eigenvalue weighted by Gasteiger charge is -2.26. The van der Waals surface area contributed by atoms with E-state index in [1.165, 1.54) is 37.0 Å². The van der Waals surface area contributed by atoms with Gasteiger partial charge < -0.3 is 11.1 Å². The van der Waals surface area contributed by atoms with Crippen LogP contribution < -0.4 is 11.1 Å². The summed E-state index contributed by atoms with van der Waals surface area (Å²) in [5.74, 6) is 5.77. The zero-order chi connectivity index (χ0) is 14.4. The van der Waals surface area contributed by atoms with Gasteiger partial charge in [-0.15, -0.1) is 11.3 Å². The number of amides is 1. The molecule has 1 heterocycles. The molecule has 3 nitrogen and oxygen atoms in total. The zero-order valence-corrected chi connectivity index (χ0v) is 13.3. The van der Waals surface area contributed by atoms with E-state index in [-0.39, 0.29) is 10.7 Å². The lowest BCUT2D eigenvalue weighted by molar-refractivity contribution is 0.0953. The Hall–Kier alpha value is -0.960. The first-order chi connectivity index (χ1) is 9.69. The first kappa shape index (κ1) is 15.4. The van der Waals surface area contributed by atoms with Crippen molar-refractivity contribution >= 4 is 29.0 Å². The van der Waals surface area contributed by atoms with Crippen LogP contribution in [0.15, 0.2) is 12.1 Å². The van der Waals surface area contributed by atoms with Crippen molar-refractivity contribution in [2.24, 2.45) is 5.73 Å². The number of carbonyl (C=O) groups is 1. The molecular weight excluding hydrogens is 288 g/mol. The maximum Gasteiger partial charge on any atom is 0.261 e. The number of nitrogens with two attached hydrogens (primary N) is 1. The van der Waals surface area contributed by atoms with Gasteiger partial charge in [-0.2, -0.15) is 11.8 Å². The van der Waals surface area contributed by atoms with E-state index in [1.807, 2.05) is 23.9 Å². The van der Waals surface area contributed by atoms with Crippen molar-refractivity contribution in [1.29, 1.82) is 0 Å². The predicted molar refractivity (Wildman–Crippen MR) is 87.3 cm³/mol. The van der Waals surface area contributed by atoms with Gasteiger partial charge in [-0.05, 0) is 31.2 Å². The van der Waals surface area contributed by atoms with Crippen molar-refractivity contribution in [1.82, 2.24) is 5.32 Å². The second-order valence-corrected chi connectivity index (χ2v) is 7.30. The fourth-order valence-electron chi connectivity index (χ4n) is 2.47. The Kier molecular flexibility index (Phi) is 5.53. The molecule has 1 aliphatic carbocycles. The van der Waals surface area contributed by atoms with Gasteiger partial charge in [0.25, 0.3) is 5.91 Å². The molecule has 0 unspecified atom stereocenters. The Morgan fingerprint density at radius 1 is 1.50 bits per heavy atom. The summed E-state index contributed by atoms with van der Waals surface area (Å²) in [5.41, 5.74) is 5.34. The van der Waals surface area contributed by atoms with Gasteiger partial charge in [0, 0.05) is 11.3 Å². The van der Waals surface area contributed by atoms with Gasteiger partial charge in [0.05, 0.1) is 16.3 Å². The normalized spacial score (nSPS) is 16.5. The summed E-state index contributed by atoms with van der Waals surface area (Å²) in [5, 5.41) is 3.08. The molecule has 20 heavy (non-hydrogen) atoms. The lowest BCUT2D eigenvalue weighted by Crippen LogP contribution is -2.38. The van der Waals surface area contributed by atoms with Crippen LogP contribution in [0.25, 0.3) is 0 Å². The molecule has 0 aromatic carbocycles. The maximum atomic E-state index is 12.2. The van der Waals surface area contributed by atoms with Crippen molar-refractivity contribution in [2.45, 2.75) is 30.4 Å². The van der Waals surface area contributed by atoms with E-state index in [2.05, 4.69) is 23.4 Å². The molecule has 0 radical (unpaired) electrons. The van der Waals surface area contributed by atoms with E-state index in [4.69, 9.17) is 5.73 Å². The highest BCUT2D eigenvalue weighted by Gasteiger charge is 2.33. The molecule has 1 amide bonds. The van der Waals surface area contributed by atoms with Gasteiger partial charge >= 0.3 is 0 Å². The molecule has 1 aromatic heterocycles. The van der Waals surface area contributed by atoms with Crippen LogP contribution in [0.4, 0.5) is 0 Å². The minimum Gasteiger partial charge on any atom is -0.350 e. The minimum atomic E-state index is 0.0103. The van der Waals surface area contributed by atoms with Crippen LogP contribution in [-0.2, 0) is 0 Å². The number of thiophene rings is 1. The highest BCUT2D eigenvalue weighted by Crippen LogP contribution is 2.39. The topological polar surface area (TPSA) is 55.1 Å². The third kappa shape index (κ3) is 3.78.